The lowest BCUT2D eigenvalue weighted by Crippen LogP contribution is -2.49. The zero-order valence-corrected chi connectivity index (χ0v) is 16.0. The van der Waals surface area contributed by atoms with Gasteiger partial charge < -0.3 is 30.2 Å². The normalized spacial score (nSPS) is 21.0. The van der Waals surface area contributed by atoms with Gasteiger partial charge in [-0.2, -0.15) is 0 Å². The van der Waals surface area contributed by atoms with Gasteiger partial charge in [-0.3, -0.25) is 4.79 Å². The summed E-state index contributed by atoms with van der Waals surface area (Å²) in [5, 5.41) is 30.7. The fourth-order valence-corrected chi connectivity index (χ4v) is 3.76. The molecule has 29 heavy (non-hydrogen) atoms. The summed E-state index contributed by atoms with van der Waals surface area (Å²) in [6, 6.07) is 10.2. The van der Waals surface area contributed by atoms with Gasteiger partial charge in [-0.25, -0.2) is 0 Å². The zero-order chi connectivity index (χ0) is 20.8. The molecule has 1 aliphatic rings. The van der Waals surface area contributed by atoms with Crippen LogP contribution in [0.3, 0.4) is 0 Å². The third-order valence-corrected chi connectivity index (χ3v) is 5.60. The van der Waals surface area contributed by atoms with Crippen LogP contribution in [0, 0.1) is 0 Å². The van der Waals surface area contributed by atoms with Crippen LogP contribution in [0.15, 0.2) is 45.6 Å². The Bertz CT molecular complexity index is 1120. The molecule has 2 heterocycles. The lowest BCUT2D eigenvalue weighted by molar-refractivity contribution is -0.0595. The fraction of sp³-hybridized carbons (Fsp3) is 0.318. The van der Waals surface area contributed by atoms with Crippen molar-refractivity contribution in [2.24, 2.45) is 0 Å². The van der Waals surface area contributed by atoms with E-state index in [1.165, 1.54) is 6.07 Å². The molecule has 0 bridgehead atoms. The maximum atomic E-state index is 12.3. The Morgan fingerprint density at radius 2 is 1.97 bits per heavy atom. The van der Waals surface area contributed by atoms with Crippen LogP contribution in [0.1, 0.15) is 30.2 Å². The first kappa shape index (κ1) is 19.3. The van der Waals surface area contributed by atoms with Gasteiger partial charge in [0.15, 0.2) is 5.43 Å². The van der Waals surface area contributed by atoms with Crippen molar-refractivity contribution in [1.29, 1.82) is 0 Å². The number of ether oxygens (including phenoxy) is 1. The second-order valence-corrected chi connectivity index (χ2v) is 7.69. The highest BCUT2D eigenvalue weighted by Gasteiger charge is 2.41. The Labute approximate surface area is 167 Å². The molecule has 0 amide bonds. The van der Waals surface area contributed by atoms with E-state index in [-0.39, 0.29) is 28.9 Å². The summed E-state index contributed by atoms with van der Waals surface area (Å²) in [4.78, 5) is 12.3. The van der Waals surface area contributed by atoms with Crippen LogP contribution in [0.5, 0.6) is 11.5 Å². The van der Waals surface area contributed by atoms with E-state index < -0.39 is 23.7 Å². The Balaban J connectivity index is 1.69. The summed E-state index contributed by atoms with van der Waals surface area (Å²) in [5.41, 5.74) is 6.65. The molecule has 4 rings (SSSR count). The number of benzene rings is 2. The molecule has 2 aromatic carbocycles. The van der Waals surface area contributed by atoms with Crippen LogP contribution in [0.25, 0.3) is 11.0 Å². The van der Waals surface area contributed by atoms with Crippen LogP contribution in [-0.2, 0) is 19.4 Å². The highest BCUT2D eigenvalue weighted by atomic mass is 16.5. The quantitative estimate of drug-likeness (QED) is 0.498. The molecule has 7 nitrogen and oxygen atoms in total. The highest BCUT2D eigenvalue weighted by molar-refractivity contribution is 5.87. The topological polar surface area (TPSA) is 126 Å². The van der Waals surface area contributed by atoms with E-state index in [1.54, 1.807) is 0 Å². The van der Waals surface area contributed by atoms with E-state index in [9.17, 15) is 20.1 Å². The Morgan fingerprint density at radius 3 is 2.66 bits per heavy atom. The van der Waals surface area contributed by atoms with Crippen LogP contribution in [0.4, 0.5) is 5.69 Å². The number of rotatable bonds is 4. The van der Waals surface area contributed by atoms with Gasteiger partial charge in [-0.15, -0.1) is 0 Å². The minimum absolute atomic E-state index is 0.0160. The molecule has 0 spiro atoms. The van der Waals surface area contributed by atoms with Gasteiger partial charge >= 0.3 is 0 Å². The minimum Gasteiger partial charge on any atom is -0.507 e. The summed E-state index contributed by atoms with van der Waals surface area (Å²) >= 11 is 0. The van der Waals surface area contributed by atoms with Crippen molar-refractivity contribution < 1.29 is 24.5 Å². The average Bonchev–Trinajstić information content (AvgIpc) is 2.69. The van der Waals surface area contributed by atoms with E-state index in [1.807, 2.05) is 31.2 Å². The number of phenolic OH excluding ortho intramolecular Hbond substituents is 1. The number of nitrogen functional groups attached to an aromatic ring is 1. The Hall–Kier alpha value is -3.03. The molecule has 0 saturated heterocycles. The molecule has 3 aromatic rings. The SMILES string of the molecule is CC1(CCc2ccc(N)cc2)Oc2cc3oc(CO)cc(=O)c3c(O)c2CC1O. The van der Waals surface area contributed by atoms with Crippen LogP contribution >= 0.6 is 0 Å². The summed E-state index contributed by atoms with van der Waals surface area (Å²) < 4.78 is 11.6. The van der Waals surface area contributed by atoms with Crippen molar-refractivity contribution in [1.82, 2.24) is 0 Å². The van der Waals surface area contributed by atoms with Crippen molar-refractivity contribution in [3.05, 3.63) is 63.5 Å². The van der Waals surface area contributed by atoms with E-state index in [0.717, 1.165) is 11.6 Å². The first-order valence-electron chi connectivity index (χ1n) is 9.44. The Kier molecular flexibility index (Phi) is 4.72. The molecule has 1 aromatic heterocycles. The first-order chi connectivity index (χ1) is 13.8. The molecule has 152 valence electrons. The molecule has 0 radical (unpaired) electrons. The van der Waals surface area contributed by atoms with E-state index in [4.69, 9.17) is 14.9 Å². The fourth-order valence-electron chi connectivity index (χ4n) is 3.76. The second kappa shape index (κ2) is 7.09. The van der Waals surface area contributed by atoms with E-state index in [0.29, 0.717) is 29.8 Å². The van der Waals surface area contributed by atoms with E-state index in [2.05, 4.69) is 0 Å². The zero-order valence-electron chi connectivity index (χ0n) is 16.0. The number of hydrogen-bond donors (Lipinski definition) is 4. The second-order valence-electron chi connectivity index (χ2n) is 7.69. The molecular formula is C22H23NO6. The summed E-state index contributed by atoms with van der Waals surface area (Å²) in [6.07, 6.45) is 0.496. The van der Waals surface area contributed by atoms with Crippen molar-refractivity contribution >= 4 is 16.7 Å². The van der Waals surface area contributed by atoms with Crippen LogP contribution in [-0.4, -0.2) is 27.0 Å². The lowest BCUT2D eigenvalue weighted by Gasteiger charge is -2.40. The van der Waals surface area contributed by atoms with Gasteiger partial charge in [0, 0.05) is 29.8 Å². The van der Waals surface area contributed by atoms with Crippen LogP contribution < -0.4 is 15.9 Å². The van der Waals surface area contributed by atoms with Gasteiger partial charge in [-0.1, -0.05) is 12.1 Å². The number of fused-ring (bicyclic) bond motifs is 2. The predicted molar refractivity (Wildman–Crippen MR) is 108 cm³/mol. The maximum Gasteiger partial charge on any atom is 0.196 e. The van der Waals surface area contributed by atoms with Gasteiger partial charge in [-0.05, 0) is 37.5 Å². The van der Waals surface area contributed by atoms with Gasteiger partial charge in [0.05, 0.1) is 6.10 Å². The number of anilines is 1. The summed E-state index contributed by atoms with van der Waals surface area (Å²) in [5.74, 6) is 0.206. The highest BCUT2D eigenvalue weighted by Crippen LogP contribution is 2.43. The first-order valence-corrected chi connectivity index (χ1v) is 9.44. The van der Waals surface area contributed by atoms with E-state index >= 15 is 0 Å². The molecule has 2 atom stereocenters. The number of aliphatic hydroxyl groups is 2. The van der Waals surface area contributed by atoms with Crippen molar-refractivity contribution in [3.63, 3.8) is 0 Å². The molecule has 1 aliphatic heterocycles. The van der Waals surface area contributed by atoms with Gasteiger partial charge in [0.2, 0.25) is 0 Å². The molecule has 2 unspecified atom stereocenters. The van der Waals surface area contributed by atoms with Crippen molar-refractivity contribution in [2.45, 2.75) is 44.5 Å². The third kappa shape index (κ3) is 3.43. The standard InChI is InChI=1S/C22H23NO6/c1-22(7-6-12-2-4-13(23)5-3-12)19(26)9-15-17(29-22)10-18-20(21(15)27)16(25)8-14(11-24)28-18/h2-5,8,10,19,24,26-27H,6-7,9,11,23H2,1H3. The molecule has 0 fully saturated rings. The molecule has 0 aliphatic carbocycles. The van der Waals surface area contributed by atoms with Gasteiger partial charge in [0.25, 0.3) is 0 Å². The summed E-state index contributed by atoms with van der Waals surface area (Å²) in [6.45, 7) is 1.39. The van der Waals surface area contributed by atoms with Gasteiger partial charge in [0.1, 0.15) is 40.4 Å². The molecular weight excluding hydrogens is 374 g/mol. The van der Waals surface area contributed by atoms with Crippen molar-refractivity contribution in [3.8, 4) is 11.5 Å². The number of aryl methyl sites for hydroxylation is 1. The Morgan fingerprint density at radius 1 is 1.24 bits per heavy atom. The largest absolute Gasteiger partial charge is 0.507 e. The van der Waals surface area contributed by atoms with Crippen LogP contribution in [0.2, 0.25) is 0 Å². The molecule has 0 saturated carbocycles. The number of aliphatic hydroxyl groups excluding tert-OH is 2. The lowest BCUT2D eigenvalue weighted by atomic mass is 9.84. The minimum atomic E-state index is -0.886. The average molecular weight is 397 g/mol. The number of aromatic hydroxyl groups is 1. The predicted octanol–water partition coefficient (Wildman–Crippen LogP) is 2.26. The monoisotopic (exact) mass is 397 g/mol. The molecule has 5 N–H and O–H groups in total. The summed E-state index contributed by atoms with van der Waals surface area (Å²) in [7, 11) is 0. The van der Waals surface area contributed by atoms with Crippen molar-refractivity contribution in [2.75, 3.05) is 5.73 Å². The third-order valence-electron chi connectivity index (χ3n) is 5.60. The smallest absolute Gasteiger partial charge is 0.196 e. The number of phenols is 1. The number of hydrogen-bond acceptors (Lipinski definition) is 7. The molecule has 7 heteroatoms. The number of nitrogens with two attached hydrogens (primary N) is 1. The maximum absolute atomic E-state index is 12.3.